The van der Waals surface area contributed by atoms with Crippen molar-refractivity contribution in [2.75, 3.05) is 85.3 Å². The average Bonchev–Trinajstić information content (AvgIpc) is 3.93. The Morgan fingerprint density at radius 2 is 1.73 bits per heavy atom. The number of oxazole rings is 1. The molecule has 3 amide bonds. The summed E-state index contributed by atoms with van der Waals surface area (Å²) in [5, 5.41) is 6.84. The molecule has 3 aromatic rings. The molecule has 16 nitrogen and oxygen atoms in total. The summed E-state index contributed by atoms with van der Waals surface area (Å²) in [5.74, 6) is 2.42. The number of hydrogen-bond donors (Lipinski definition) is 2. The fourth-order valence-electron chi connectivity index (χ4n) is 6.33. The quantitative estimate of drug-likeness (QED) is 0.0563. The number of carbonyl (C=O) groups excluding carboxylic acids is 4. The van der Waals surface area contributed by atoms with Gasteiger partial charge in [-0.25, -0.2) is 9.97 Å². The predicted octanol–water partition coefficient (Wildman–Crippen LogP) is 4.99. The molecule has 0 radical (unpaired) electrons. The highest BCUT2D eigenvalue weighted by molar-refractivity contribution is 8.00. The number of nitrogens with one attached hydrogen (secondary N) is 2. The van der Waals surface area contributed by atoms with Crippen LogP contribution in [0.1, 0.15) is 57.2 Å². The van der Waals surface area contributed by atoms with Crippen molar-refractivity contribution < 1.29 is 47.3 Å². The van der Waals surface area contributed by atoms with Gasteiger partial charge in [-0.05, 0) is 62.2 Å². The number of thioether (sulfide) groups is 1. The van der Waals surface area contributed by atoms with Crippen LogP contribution in [0.5, 0.6) is 17.2 Å². The molecule has 2 N–H and O–H groups in total. The molecule has 1 saturated heterocycles. The maximum Gasteiger partial charge on any atom is 0.253 e. The molecule has 0 aliphatic carbocycles. The topological polar surface area (TPSA) is 184 Å². The number of ether oxygens (including phenoxy) is 5. The number of carbonyl (C=O) groups is 4. The number of methoxy groups -OCH3 is 2. The van der Waals surface area contributed by atoms with Gasteiger partial charge in [0.1, 0.15) is 18.7 Å². The van der Waals surface area contributed by atoms with E-state index in [0.717, 1.165) is 16.3 Å². The van der Waals surface area contributed by atoms with Gasteiger partial charge < -0.3 is 43.5 Å². The Kier molecular flexibility index (Phi) is 18.1. The summed E-state index contributed by atoms with van der Waals surface area (Å²) in [4.78, 5) is 61.6. The lowest BCUT2D eigenvalue weighted by Gasteiger charge is -2.34. The zero-order valence-corrected chi connectivity index (χ0v) is 36.6. The molecule has 1 fully saturated rings. The molecular formula is C42H56N6O10S2. The zero-order chi connectivity index (χ0) is 42.9. The van der Waals surface area contributed by atoms with E-state index in [0.29, 0.717) is 118 Å². The van der Waals surface area contributed by atoms with Crippen LogP contribution in [0.25, 0.3) is 6.08 Å². The number of imide groups is 1. The van der Waals surface area contributed by atoms with Gasteiger partial charge in [0.05, 0.1) is 69.0 Å². The summed E-state index contributed by atoms with van der Waals surface area (Å²) in [6.45, 7) is 10.7. The maximum absolute atomic E-state index is 13.0. The van der Waals surface area contributed by atoms with E-state index in [1.165, 1.54) is 42.6 Å². The van der Waals surface area contributed by atoms with E-state index in [1.54, 1.807) is 48.4 Å². The molecule has 2 aliphatic rings. The van der Waals surface area contributed by atoms with E-state index in [9.17, 15) is 19.2 Å². The third-order valence-electron chi connectivity index (χ3n) is 9.71. The molecule has 0 saturated carbocycles. The second-order valence-corrected chi connectivity index (χ2v) is 17.3. The Bertz CT molecular complexity index is 1910. The SMILES string of the molecule is COc1cc(/C=C/C(=O)N2CCC=CC2=O)cc(OC)c1OCCOCCOCCNCC(C=O)N1CCC(C(=O)Nc2ncc(SCc3ncc(C(C)(C)C)o3)s2)CC1. The normalized spacial score (nSPS) is 15.7. The van der Waals surface area contributed by atoms with E-state index in [-0.39, 0.29) is 35.8 Å². The first-order valence-corrected chi connectivity index (χ1v) is 21.8. The Hall–Kier alpha value is -4.59. The van der Waals surface area contributed by atoms with Crippen molar-refractivity contribution in [1.82, 2.24) is 25.1 Å². The van der Waals surface area contributed by atoms with E-state index < -0.39 is 5.91 Å². The molecule has 0 spiro atoms. The largest absolute Gasteiger partial charge is 0.493 e. The number of rotatable bonds is 23. The van der Waals surface area contributed by atoms with Crippen LogP contribution in [0.4, 0.5) is 5.13 Å². The number of aromatic nitrogens is 2. The second-order valence-electron chi connectivity index (χ2n) is 15.0. The van der Waals surface area contributed by atoms with Gasteiger partial charge in [-0.2, -0.15) is 0 Å². The molecule has 18 heteroatoms. The second kappa shape index (κ2) is 23.4. The van der Waals surface area contributed by atoms with Crippen molar-refractivity contribution in [2.45, 2.75) is 61.5 Å². The highest BCUT2D eigenvalue weighted by Crippen LogP contribution is 2.39. The zero-order valence-electron chi connectivity index (χ0n) is 34.9. The molecular weight excluding hydrogens is 813 g/mol. The van der Waals surface area contributed by atoms with Crippen LogP contribution in [0, 0.1) is 5.92 Å². The highest BCUT2D eigenvalue weighted by atomic mass is 32.2. The summed E-state index contributed by atoms with van der Waals surface area (Å²) in [6, 6.07) is 3.14. The molecule has 60 heavy (non-hydrogen) atoms. The van der Waals surface area contributed by atoms with Gasteiger partial charge in [-0.3, -0.25) is 24.2 Å². The third-order valence-corrected chi connectivity index (χ3v) is 11.8. The molecule has 2 aromatic heterocycles. The molecule has 1 atom stereocenters. The average molecular weight is 869 g/mol. The fraction of sp³-hybridized carbons (Fsp3) is 0.524. The summed E-state index contributed by atoms with van der Waals surface area (Å²) < 4.78 is 35.1. The van der Waals surface area contributed by atoms with Gasteiger partial charge >= 0.3 is 0 Å². The van der Waals surface area contributed by atoms with Crippen LogP contribution >= 0.6 is 23.1 Å². The standard InChI is InChI=1S/C42H56N6O10S2/c1-42(2,3)34-25-44-35(58-34)28-59-38-26-45-41(60-38)46-40(52)30-11-15-47(16-12-30)31(27-49)24-43-13-17-55-18-19-56-20-21-57-39-32(53-4)22-29(23-33(39)54-5)9-10-37(51)48-14-7-6-8-36(48)50/h6,8-10,22-23,25-27,30-31,43H,7,11-21,24,28H2,1-5H3,(H,45,46,52)/b10-9+. The number of amides is 3. The van der Waals surface area contributed by atoms with E-state index in [4.69, 9.17) is 28.1 Å². The van der Waals surface area contributed by atoms with E-state index >= 15 is 0 Å². The van der Waals surface area contributed by atoms with Crippen molar-refractivity contribution >= 4 is 58.3 Å². The first kappa shape index (κ1) is 46.5. The smallest absolute Gasteiger partial charge is 0.253 e. The Morgan fingerprint density at radius 3 is 2.40 bits per heavy atom. The van der Waals surface area contributed by atoms with Crippen LogP contribution in [-0.4, -0.2) is 130 Å². The first-order chi connectivity index (χ1) is 29.0. The third kappa shape index (κ3) is 14.0. The number of anilines is 1. The Morgan fingerprint density at radius 1 is 1.02 bits per heavy atom. The van der Waals surface area contributed by atoms with Crippen LogP contribution in [-0.2, 0) is 39.8 Å². The van der Waals surface area contributed by atoms with Gasteiger partial charge in [0.25, 0.3) is 11.8 Å². The molecule has 1 aromatic carbocycles. The van der Waals surface area contributed by atoms with Gasteiger partial charge in [0.2, 0.25) is 17.5 Å². The van der Waals surface area contributed by atoms with Crippen LogP contribution in [0.2, 0.25) is 0 Å². The van der Waals surface area contributed by atoms with Crippen LogP contribution < -0.4 is 24.8 Å². The van der Waals surface area contributed by atoms with Crippen LogP contribution in [0.15, 0.2) is 51.4 Å². The Labute approximate surface area is 359 Å². The molecule has 2 aliphatic heterocycles. The van der Waals surface area contributed by atoms with Gasteiger partial charge in [0, 0.05) is 37.0 Å². The van der Waals surface area contributed by atoms with Crippen molar-refractivity contribution in [3.05, 3.63) is 60.0 Å². The summed E-state index contributed by atoms with van der Waals surface area (Å²) in [5.41, 5.74) is 0.546. The number of piperidine rings is 1. The van der Waals surface area contributed by atoms with Crippen LogP contribution in [0.3, 0.4) is 0 Å². The first-order valence-electron chi connectivity index (χ1n) is 20.0. The predicted molar refractivity (Wildman–Crippen MR) is 229 cm³/mol. The highest BCUT2D eigenvalue weighted by Gasteiger charge is 2.29. The monoisotopic (exact) mass is 868 g/mol. The number of thiazole rings is 1. The van der Waals surface area contributed by atoms with E-state index in [2.05, 4.69) is 46.3 Å². The summed E-state index contributed by atoms with van der Waals surface area (Å²) in [6.07, 6.45) is 12.5. The minimum Gasteiger partial charge on any atom is -0.493 e. The number of benzene rings is 1. The molecule has 4 heterocycles. The van der Waals surface area contributed by atoms with Crippen molar-refractivity contribution in [3.8, 4) is 17.2 Å². The number of aldehydes is 1. The molecule has 5 rings (SSSR count). The fourth-order valence-corrected chi connectivity index (χ4v) is 8.05. The van der Waals surface area contributed by atoms with E-state index in [1.807, 2.05) is 0 Å². The van der Waals surface area contributed by atoms with Crippen molar-refractivity contribution in [1.29, 1.82) is 0 Å². The Balaban J connectivity index is 0.906. The number of hydrogen-bond acceptors (Lipinski definition) is 16. The van der Waals surface area contributed by atoms with Crippen molar-refractivity contribution in [3.63, 3.8) is 0 Å². The molecule has 0 bridgehead atoms. The minimum atomic E-state index is -0.396. The van der Waals surface area contributed by atoms with Crippen molar-refractivity contribution in [2.24, 2.45) is 5.92 Å². The van der Waals surface area contributed by atoms with Gasteiger partial charge in [-0.15, -0.1) is 11.8 Å². The lowest BCUT2D eigenvalue weighted by Crippen LogP contribution is -2.48. The maximum atomic E-state index is 13.0. The van der Waals surface area contributed by atoms with Gasteiger partial charge in [-0.1, -0.05) is 38.2 Å². The van der Waals surface area contributed by atoms with Gasteiger partial charge in [0.15, 0.2) is 16.6 Å². The molecule has 326 valence electrons. The summed E-state index contributed by atoms with van der Waals surface area (Å²) in [7, 11) is 3.02. The summed E-state index contributed by atoms with van der Waals surface area (Å²) >= 11 is 3.00. The lowest BCUT2D eigenvalue weighted by atomic mass is 9.94. The lowest BCUT2D eigenvalue weighted by molar-refractivity contribution is -0.139. The number of nitrogens with zero attached hydrogens (tertiary/aromatic N) is 4. The number of likely N-dealkylation sites (tertiary alicyclic amines) is 1. The molecule has 1 unspecified atom stereocenters. The minimum absolute atomic E-state index is 0.0459.